The molecule has 0 heterocycles. The molecule has 17 heavy (non-hydrogen) atoms. The molecule has 0 aromatic rings. The van der Waals surface area contributed by atoms with Crippen LogP contribution in [0.3, 0.4) is 0 Å². The van der Waals surface area contributed by atoms with E-state index in [0.29, 0.717) is 0 Å². The summed E-state index contributed by atoms with van der Waals surface area (Å²) in [6.07, 6.45) is 11.0. The van der Waals surface area contributed by atoms with Gasteiger partial charge in [0.25, 0.3) is 0 Å². The first-order chi connectivity index (χ1) is 8.04. The van der Waals surface area contributed by atoms with E-state index >= 15 is 0 Å². The van der Waals surface area contributed by atoms with Crippen molar-refractivity contribution in [3.05, 3.63) is 59.9 Å². The van der Waals surface area contributed by atoms with Gasteiger partial charge in [0.1, 0.15) is 0 Å². The van der Waals surface area contributed by atoms with Crippen molar-refractivity contribution in [2.75, 3.05) is 0 Å². The zero-order chi connectivity index (χ0) is 13.3. The third-order valence-electron chi connectivity index (χ3n) is 2.39. The zero-order valence-electron chi connectivity index (χ0n) is 11.5. The van der Waals surface area contributed by atoms with Gasteiger partial charge in [-0.2, -0.15) is 0 Å². The van der Waals surface area contributed by atoms with Gasteiger partial charge in [-0.15, -0.1) is 0 Å². The third kappa shape index (κ3) is 6.52. The molecule has 1 nitrogen and oxygen atoms in total. The number of aliphatic imine (C=N–C) groups is 1. The van der Waals surface area contributed by atoms with Crippen molar-refractivity contribution in [3.63, 3.8) is 0 Å². The number of rotatable bonds is 6. The summed E-state index contributed by atoms with van der Waals surface area (Å²) in [5.41, 5.74) is 4.28. The Balaban J connectivity index is 5.10. The van der Waals surface area contributed by atoms with Crippen LogP contribution in [0.15, 0.2) is 64.9 Å². The van der Waals surface area contributed by atoms with Crippen LogP contribution in [0.5, 0.6) is 0 Å². The fourth-order valence-electron chi connectivity index (χ4n) is 1.13. The quantitative estimate of drug-likeness (QED) is 0.448. The fourth-order valence-corrected chi connectivity index (χ4v) is 1.13. The van der Waals surface area contributed by atoms with Gasteiger partial charge >= 0.3 is 0 Å². The largest absolute Gasteiger partial charge is 0.262 e. The second kappa shape index (κ2) is 8.51. The minimum atomic E-state index is 0.799. The first-order valence-electron chi connectivity index (χ1n) is 5.91. The van der Waals surface area contributed by atoms with Gasteiger partial charge in [0.15, 0.2) is 0 Å². The Morgan fingerprint density at radius 3 is 2.24 bits per heavy atom. The van der Waals surface area contributed by atoms with Gasteiger partial charge in [-0.25, -0.2) is 0 Å². The molecule has 0 aromatic heterocycles. The summed E-state index contributed by atoms with van der Waals surface area (Å²) in [4.78, 5) is 4.21. The molecule has 0 aromatic carbocycles. The number of allylic oxidation sites excluding steroid dienone is 8. The number of hydrogen-bond donors (Lipinski definition) is 0. The molecule has 0 spiro atoms. The summed E-state index contributed by atoms with van der Waals surface area (Å²) in [6, 6.07) is 0. The second-order valence-electron chi connectivity index (χ2n) is 3.93. The van der Waals surface area contributed by atoms with Crippen LogP contribution in [-0.4, -0.2) is 6.21 Å². The van der Waals surface area contributed by atoms with Crippen LogP contribution in [0.25, 0.3) is 0 Å². The predicted molar refractivity (Wildman–Crippen MR) is 79.4 cm³/mol. The van der Waals surface area contributed by atoms with E-state index in [1.165, 1.54) is 5.57 Å². The summed E-state index contributed by atoms with van der Waals surface area (Å²) in [5.74, 6) is 0. The molecule has 0 bridgehead atoms. The van der Waals surface area contributed by atoms with Gasteiger partial charge in [0.2, 0.25) is 0 Å². The Labute approximate surface area is 106 Å². The predicted octanol–water partition coefficient (Wildman–Crippen LogP) is 5.01. The maximum Gasteiger partial charge on any atom is 0.0345 e. The Hall–Kier alpha value is -1.63. The first-order valence-corrected chi connectivity index (χ1v) is 5.91. The Morgan fingerprint density at radius 1 is 1.18 bits per heavy atom. The smallest absolute Gasteiger partial charge is 0.0345 e. The van der Waals surface area contributed by atoms with Crippen molar-refractivity contribution < 1.29 is 0 Å². The van der Waals surface area contributed by atoms with Crippen LogP contribution in [0.4, 0.5) is 0 Å². The number of hydrogen-bond acceptors (Lipinski definition) is 1. The average molecular weight is 229 g/mol. The molecule has 92 valence electrons. The molecule has 0 rings (SSSR count). The molecule has 0 saturated carbocycles. The van der Waals surface area contributed by atoms with Gasteiger partial charge in [-0.05, 0) is 38.3 Å². The molecular formula is C16H23N. The van der Waals surface area contributed by atoms with Crippen LogP contribution >= 0.6 is 0 Å². The van der Waals surface area contributed by atoms with E-state index < -0.39 is 0 Å². The highest BCUT2D eigenvalue weighted by Gasteiger charge is 1.96. The van der Waals surface area contributed by atoms with E-state index in [2.05, 4.69) is 44.1 Å². The van der Waals surface area contributed by atoms with Crippen molar-refractivity contribution in [2.45, 2.75) is 34.1 Å². The SMILES string of the molecule is C=CC(=C\C=C(/C)CC)/C(C=NC(=C)C)=C/C. The van der Waals surface area contributed by atoms with Crippen LogP contribution < -0.4 is 0 Å². The van der Waals surface area contributed by atoms with Crippen LogP contribution in [0.1, 0.15) is 34.1 Å². The lowest BCUT2D eigenvalue weighted by molar-refractivity contribution is 1.10. The highest BCUT2D eigenvalue weighted by molar-refractivity contribution is 5.86. The molecule has 0 atom stereocenters. The molecule has 0 aliphatic heterocycles. The minimum Gasteiger partial charge on any atom is -0.262 e. The molecule has 0 saturated heterocycles. The van der Waals surface area contributed by atoms with E-state index in [1.54, 1.807) is 0 Å². The molecule has 0 aliphatic rings. The third-order valence-corrected chi connectivity index (χ3v) is 2.39. The maximum atomic E-state index is 4.21. The lowest BCUT2D eigenvalue weighted by Gasteiger charge is -2.02. The summed E-state index contributed by atoms with van der Waals surface area (Å²) >= 11 is 0. The maximum absolute atomic E-state index is 4.21. The lowest BCUT2D eigenvalue weighted by atomic mass is 10.1. The van der Waals surface area contributed by atoms with Crippen molar-refractivity contribution in [1.29, 1.82) is 0 Å². The second-order valence-corrected chi connectivity index (χ2v) is 3.93. The van der Waals surface area contributed by atoms with Crippen LogP contribution in [0.2, 0.25) is 0 Å². The Morgan fingerprint density at radius 2 is 1.82 bits per heavy atom. The van der Waals surface area contributed by atoms with Gasteiger partial charge < -0.3 is 0 Å². The van der Waals surface area contributed by atoms with E-state index in [9.17, 15) is 0 Å². The Kier molecular flexibility index (Phi) is 7.70. The molecule has 0 N–H and O–H groups in total. The van der Waals surface area contributed by atoms with E-state index in [-0.39, 0.29) is 0 Å². The standard InChI is InChI=1S/C16H23N/c1-7-14(6)10-11-15(8-2)16(9-3)12-17-13(4)5/h8-12H,2,4,7H2,1,3,5-6H3/b14-10+,15-11+,16-9+,17-12?. The lowest BCUT2D eigenvalue weighted by Crippen LogP contribution is -1.88. The summed E-state index contributed by atoms with van der Waals surface area (Å²) in [6.45, 7) is 15.7. The normalized spacial score (nSPS) is 14.2. The first kappa shape index (κ1) is 15.4. The number of nitrogens with zero attached hydrogens (tertiary/aromatic N) is 1. The minimum absolute atomic E-state index is 0.799. The molecule has 0 fully saturated rings. The van der Waals surface area contributed by atoms with Gasteiger partial charge in [-0.3, -0.25) is 4.99 Å². The molecule has 0 aliphatic carbocycles. The summed E-state index contributed by atoms with van der Waals surface area (Å²) in [5, 5.41) is 0. The zero-order valence-corrected chi connectivity index (χ0v) is 11.5. The van der Waals surface area contributed by atoms with Crippen molar-refractivity contribution in [1.82, 2.24) is 0 Å². The molecule has 0 radical (unpaired) electrons. The van der Waals surface area contributed by atoms with Gasteiger partial charge in [0, 0.05) is 11.9 Å². The fraction of sp³-hybridized carbons (Fsp3) is 0.312. The van der Waals surface area contributed by atoms with Crippen molar-refractivity contribution in [2.24, 2.45) is 4.99 Å². The highest BCUT2D eigenvalue weighted by Crippen LogP contribution is 2.11. The van der Waals surface area contributed by atoms with Crippen molar-refractivity contribution in [3.8, 4) is 0 Å². The summed E-state index contributed by atoms with van der Waals surface area (Å²) < 4.78 is 0. The molecule has 0 unspecified atom stereocenters. The summed E-state index contributed by atoms with van der Waals surface area (Å²) in [7, 11) is 0. The molecular weight excluding hydrogens is 206 g/mol. The Bertz CT molecular complexity index is 390. The van der Waals surface area contributed by atoms with Gasteiger partial charge in [-0.1, -0.05) is 50.0 Å². The molecule has 1 heteroatoms. The van der Waals surface area contributed by atoms with E-state index in [1.807, 2.05) is 32.2 Å². The average Bonchev–Trinajstić information content (AvgIpc) is 2.32. The van der Waals surface area contributed by atoms with Crippen LogP contribution in [0, 0.1) is 0 Å². The van der Waals surface area contributed by atoms with Gasteiger partial charge in [0.05, 0.1) is 0 Å². The van der Waals surface area contributed by atoms with Crippen LogP contribution in [-0.2, 0) is 0 Å². The van der Waals surface area contributed by atoms with Crippen molar-refractivity contribution >= 4 is 6.21 Å². The van der Waals surface area contributed by atoms with E-state index in [0.717, 1.165) is 23.3 Å². The van der Waals surface area contributed by atoms with E-state index in [4.69, 9.17) is 0 Å². The highest BCUT2D eigenvalue weighted by atomic mass is 14.7. The topological polar surface area (TPSA) is 12.4 Å². The molecule has 0 amide bonds. The monoisotopic (exact) mass is 229 g/mol.